The number of nitrogens with zero attached hydrogens (tertiary/aromatic N) is 6. The molecule has 36 heavy (non-hydrogen) atoms. The van der Waals surface area contributed by atoms with Crippen molar-refractivity contribution >= 4 is 22.9 Å². The Morgan fingerprint density at radius 1 is 1.19 bits per heavy atom. The minimum Gasteiger partial charge on any atom is -0.378 e. The van der Waals surface area contributed by atoms with E-state index in [4.69, 9.17) is 11.0 Å². The van der Waals surface area contributed by atoms with Crippen LogP contribution in [0.15, 0.2) is 59.9 Å². The highest BCUT2D eigenvalue weighted by atomic mass is 16.1. The Morgan fingerprint density at radius 3 is 2.69 bits per heavy atom. The quantitative estimate of drug-likeness (QED) is 0.431. The molecule has 0 spiro atoms. The number of carbonyl (C=O) groups excluding carboxylic acids is 1. The highest BCUT2D eigenvalue weighted by Gasteiger charge is 2.33. The summed E-state index contributed by atoms with van der Waals surface area (Å²) in [7, 11) is 1.71. The third-order valence-electron chi connectivity index (χ3n) is 6.82. The lowest BCUT2D eigenvalue weighted by Gasteiger charge is -2.21. The molecule has 1 aliphatic heterocycles. The van der Waals surface area contributed by atoms with E-state index in [0.29, 0.717) is 29.3 Å². The normalized spacial score (nSPS) is 17.3. The summed E-state index contributed by atoms with van der Waals surface area (Å²) < 4.78 is 3.24. The number of aryl methyl sites for hydroxylation is 1. The van der Waals surface area contributed by atoms with E-state index in [0.717, 1.165) is 35.4 Å². The van der Waals surface area contributed by atoms with Gasteiger partial charge in [0.2, 0.25) is 5.56 Å². The number of carbonyl (C=O) groups is 1. The van der Waals surface area contributed by atoms with Crippen molar-refractivity contribution in [3.63, 3.8) is 0 Å². The molecule has 1 aliphatic rings. The first-order valence-electron chi connectivity index (χ1n) is 11.7. The molecule has 0 bridgehead atoms. The minimum atomic E-state index is -0.561. The molecular weight excluding hydrogens is 456 g/mol. The van der Waals surface area contributed by atoms with E-state index in [2.05, 4.69) is 33.3 Å². The maximum Gasteiger partial charge on any atom is 0.252 e. The molecule has 10 heteroatoms. The zero-order valence-electron chi connectivity index (χ0n) is 20.0. The molecule has 1 amide bonds. The van der Waals surface area contributed by atoms with Gasteiger partial charge in [0.25, 0.3) is 5.91 Å². The topological polar surface area (TPSA) is 134 Å². The van der Waals surface area contributed by atoms with Crippen LogP contribution in [0.3, 0.4) is 0 Å². The molecule has 0 saturated carbocycles. The Kier molecular flexibility index (Phi) is 5.90. The number of hydrogen-bond donors (Lipinski definition) is 2. The number of nitriles is 1. The Morgan fingerprint density at radius 2 is 2.03 bits per heavy atom. The standard InChI is InChI=1S/C26H26N8O2/c1-3-17-13-33(23-6-4-16(9-27)10-29-23)15-21(17)31-25-20(26(28)36)11-30-34-14-19(8-22(25)34)18-5-7-24(35)32(2)12-18/h4-8,10-12,14,17,21,31H,3,13,15H2,1-2H3,(H2,28,36)/t17-,21-/m1/s1. The fourth-order valence-corrected chi connectivity index (χ4v) is 4.78. The number of rotatable bonds is 6. The molecular formula is C26H26N8O2. The van der Waals surface area contributed by atoms with Gasteiger partial charge in [0.15, 0.2) is 0 Å². The van der Waals surface area contributed by atoms with E-state index in [1.165, 1.54) is 16.8 Å². The largest absolute Gasteiger partial charge is 0.378 e. The van der Waals surface area contributed by atoms with Crippen LogP contribution in [0.5, 0.6) is 0 Å². The summed E-state index contributed by atoms with van der Waals surface area (Å²) in [5.41, 5.74) is 9.56. The number of hydrogen-bond acceptors (Lipinski definition) is 7. The molecule has 2 atom stereocenters. The van der Waals surface area contributed by atoms with Crippen LogP contribution in [0.2, 0.25) is 0 Å². The van der Waals surface area contributed by atoms with E-state index < -0.39 is 5.91 Å². The first-order chi connectivity index (χ1) is 17.4. The van der Waals surface area contributed by atoms with Crippen molar-refractivity contribution in [1.82, 2.24) is 19.2 Å². The number of nitrogens with two attached hydrogens (primary N) is 1. The molecule has 0 radical (unpaired) electrons. The molecule has 0 aromatic carbocycles. The number of amides is 1. The third-order valence-corrected chi connectivity index (χ3v) is 6.82. The van der Waals surface area contributed by atoms with Gasteiger partial charge in [-0.25, -0.2) is 9.50 Å². The summed E-state index contributed by atoms with van der Waals surface area (Å²) in [5, 5.41) is 17.1. The highest BCUT2D eigenvalue weighted by Crippen LogP contribution is 2.32. The number of primary amides is 1. The zero-order valence-corrected chi connectivity index (χ0v) is 20.0. The summed E-state index contributed by atoms with van der Waals surface area (Å²) in [6, 6.07) is 11.0. The molecule has 0 aliphatic carbocycles. The van der Waals surface area contributed by atoms with E-state index >= 15 is 0 Å². The molecule has 5 rings (SSSR count). The smallest absolute Gasteiger partial charge is 0.252 e. The molecule has 1 fully saturated rings. The molecule has 1 saturated heterocycles. The van der Waals surface area contributed by atoms with Gasteiger partial charge in [-0.05, 0) is 42.2 Å². The summed E-state index contributed by atoms with van der Waals surface area (Å²) in [6.07, 6.45) is 7.63. The molecule has 182 valence electrons. The SMILES string of the molecule is CC[C@@H]1CN(c2ccc(C#N)cn2)C[C@H]1Nc1c(C(N)=O)cnn2cc(-c3ccc(=O)n(C)c3)cc12. The van der Waals surface area contributed by atoms with Crippen molar-refractivity contribution in [3.8, 4) is 17.2 Å². The Hall–Kier alpha value is -4.65. The van der Waals surface area contributed by atoms with Gasteiger partial charge in [-0.3, -0.25) is 9.59 Å². The van der Waals surface area contributed by atoms with Crippen LogP contribution < -0.4 is 21.5 Å². The fraction of sp³-hybridized carbons (Fsp3) is 0.269. The van der Waals surface area contributed by atoms with Crippen molar-refractivity contribution in [3.05, 3.63) is 76.6 Å². The highest BCUT2D eigenvalue weighted by molar-refractivity contribution is 6.02. The van der Waals surface area contributed by atoms with E-state index in [9.17, 15) is 9.59 Å². The van der Waals surface area contributed by atoms with Crippen molar-refractivity contribution in [2.45, 2.75) is 19.4 Å². The van der Waals surface area contributed by atoms with Crippen LogP contribution >= 0.6 is 0 Å². The Bertz CT molecular complexity index is 1550. The van der Waals surface area contributed by atoms with Gasteiger partial charge < -0.3 is 20.5 Å². The van der Waals surface area contributed by atoms with Gasteiger partial charge in [-0.1, -0.05) is 6.92 Å². The Balaban J connectivity index is 1.51. The lowest BCUT2D eigenvalue weighted by molar-refractivity contribution is 0.100. The lowest BCUT2D eigenvalue weighted by Crippen LogP contribution is -2.30. The maximum atomic E-state index is 12.3. The lowest BCUT2D eigenvalue weighted by atomic mass is 10.00. The van der Waals surface area contributed by atoms with Crippen molar-refractivity contribution < 1.29 is 4.79 Å². The van der Waals surface area contributed by atoms with Gasteiger partial charge in [0, 0.05) is 56.4 Å². The van der Waals surface area contributed by atoms with Crippen LogP contribution in [0.25, 0.3) is 16.6 Å². The summed E-state index contributed by atoms with van der Waals surface area (Å²) in [5.74, 6) is 0.551. The molecule has 4 aromatic rings. The number of fused-ring (bicyclic) bond motifs is 1. The number of aromatic nitrogens is 4. The number of nitrogens with one attached hydrogen (secondary N) is 1. The first kappa shape index (κ1) is 23.1. The van der Waals surface area contributed by atoms with E-state index in [1.807, 2.05) is 18.3 Å². The molecule has 5 heterocycles. The van der Waals surface area contributed by atoms with Crippen LogP contribution in [0.4, 0.5) is 11.5 Å². The van der Waals surface area contributed by atoms with Crippen LogP contribution in [-0.2, 0) is 7.05 Å². The predicted molar refractivity (Wildman–Crippen MR) is 137 cm³/mol. The van der Waals surface area contributed by atoms with E-state index in [-0.39, 0.29) is 11.6 Å². The minimum absolute atomic E-state index is 0.0349. The first-order valence-corrected chi connectivity index (χ1v) is 11.7. The summed E-state index contributed by atoms with van der Waals surface area (Å²) in [6.45, 7) is 3.62. The van der Waals surface area contributed by atoms with Crippen molar-refractivity contribution in [1.29, 1.82) is 5.26 Å². The second-order valence-corrected chi connectivity index (χ2v) is 9.06. The second kappa shape index (κ2) is 9.19. The second-order valence-electron chi connectivity index (χ2n) is 9.06. The van der Waals surface area contributed by atoms with Crippen LogP contribution in [-0.4, -0.2) is 44.2 Å². The van der Waals surface area contributed by atoms with Gasteiger partial charge in [-0.2, -0.15) is 10.4 Å². The number of anilines is 2. The number of pyridine rings is 2. The Labute approximate surface area is 207 Å². The molecule has 4 aromatic heterocycles. The summed E-state index contributed by atoms with van der Waals surface area (Å²) in [4.78, 5) is 30.8. The molecule has 0 unspecified atom stereocenters. The maximum absolute atomic E-state index is 12.3. The predicted octanol–water partition coefficient (Wildman–Crippen LogP) is 2.39. The van der Waals surface area contributed by atoms with Crippen LogP contribution in [0, 0.1) is 17.2 Å². The van der Waals surface area contributed by atoms with Gasteiger partial charge in [-0.15, -0.1) is 0 Å². The van der Waals surface area contributed by atoms with Gasteiger partial charge in [0.1, 0.15) is 11.9 Å². The third kappa shape index (κ3) is 4.15. The molecule has 3 N–H and O–H groups in total. The van der Waals surface area contributed by atoms with Crippen molar-refractivity contribution in [2.24, 2.45) is 18.7 Å². The molecule has 10 nitrogen and oxygen atoms in total. The average Bonchev–Trinajstić information content (AvgIpc) is 3.50. The fourth-order valence-electron chi connectivity index (χ4n) is 4.78. The van der Waals surface area contributed by atoms with Gasteiger partial charge >= 0.3 is 0 Å². The monoisotopic (exact) mass is 482 g/mol. The average molecular weight is 483 g/mol. The van der Waals surface area contributed by atoms with Crippen LogP contribution in [0.1, 0.15) is 29.3 Å². The van der Waals surface area contributed by atoms with Gasteiger partial charge in [0.05, 0.1) is 28.5 Å². The van der Waals surface area contributed by atoms with E-state index in [1.54, 1.807) is 36.1 Å². The summed E-state index contributed by atoms with van der Waals surface area (Å²) >= 11 is 0. The van der Waals surface area contributed by atoms with Crippen molar-refractivity contribution in [2.75, 3.05) is 23.3 Å². The zero-order chi connectivity index (χ0) is 25.4.